The predicted molar refractivity (Wildman–Crippen MR) is 67.8 cm³/mol. The second-order valence-electron chi connectivity index (χ2n) is 4.73. The second kappa shape index (κ2) is 5.66. The Labute approximate surface area is 114 Å². The molecule has 1 fully saturated rings. The molecule has 0 bridgehead atoms. The minimum Gasteiger partial charge on any atom is -0.381 e. The number of anilines is 1. The van der Waals surface area contributed by atoms with Crippen molar-refractivity contribution in [3.63, 3.8) is 0 Å². The van der Waals surface area contributed by atoms with E-state index in [1.165, 1.54) is 0 Å². The predicted octanol–water partition coefficient (Wildman–Crippen LogP) is 2.04. The number of ether oxygens (including phenoxy) is 1. The quantitative estimate of drug-likeness (QED) is 0.934. The number of halogens is 2. The lowest BCUT2D eigenvalue weighted by Gasteiger charge is -2.16. The number of alkyl halides is 2. The summed E-state index contributed by atoms with van der Waals surface area (Å²) >= 11 is 0. The molecule has 1 saturated heterocycles. The molecule has 108 valence electrons. The molecule has 1 atom stereocenters. The molecule has 1 N–H and O–H groups in total. The van der Waals surface area contributed by atoms with Gasteiger partial charge in [0.2, 0.25) is 5.82 Å². The van der Waals surface area contributed by atoms with Gasteiger partial charge in [-0.05, 0) is 31.4 Å². The lowest BCUT2D eigenvalue weighted by atomic mass is 10.1. The normalized spacial score (nSPS) is 20.2. The third kappa shape index (κ3) is 2.69. The minimum atomic E-state index is -2.70. The number of rotatable bonds is 3. The maximum absolute atomic E-state index is 12.8. The molecule has 3 heterocycles. The van der Waals surface area contributed by atoms with E-state index in [1.807, 2.05) is 0 Å². The van der Waals surface area contributed by atoms with E-state index in [9.17, 15) is 8.78 Å². The number of fused-ring (bicyclic) bond motifs is 1. The summed E-state index contributed by atoms with van der Waals surface area (Å²) in [4.78, 5) is 0. The van der Waals surface area contributed by atoms with Gasteiger partial charge in [0.1, 0.15) is 5.82 Å². The number of hydrogen-bond donors (Lipinski definition) is 1. The molecular formula is C12H15F2N5O. The van der Waals surface area contributed by atoms with Crippen molar-refractivity contribution in [2.24, 2.45) is 0 Å². The van der Waals surface area contributed by atoms with Crippen LogP contribution in [0.2, 0.25) is 0 Å². The van der Waals surface area contributed by atoms with Gasteiger partial charge in [0.15, 0.2) is 5.65 Å². The van der Waals surface area contributed by atoms with Crippen LogP contribution in [0.25, 0.3) is 5.65 Å². The van der Waals surface area contributed by atoms with Gasteiger partial charge in [-0.2, -0.15) is 4.52 Å². The van der Waals surface area contributed by atoms with E-state index in [0.29, 0.717) is 18.1 Å². The standard InChI is InChI=1S/C12H15F2N5O/c13-11(14)12-17-16-10-4-3-9(18-19(10)12)15-8-2-1-6-20-7-5-8/h3-4,8,11H,1-2,5-7H2,(H,15,18). The first-order valence-electron chi connectivity index (χ1n) is 6.59. The zero-order valence-electron chi connectivity index (χ0n) is 10.8. The van der Waals surface area contributed by atoms with Crippen LogP contribution < -0.4 is 5.32 Å². The molecule has 1 unspecified atom stereocenters. The number of aromatic nitrogens is 4. The fraction of sp³-hybridized carbons (Fsp3) is 0.583. The summed E-state index contributed by atoms with van der Waals surface area (Å²) in [6, 6.07) is 3.60. The summed E-state index contributed by atoms with van der Waals surface area (Å²) in [6.07, 6.45) is 0.140. The van der Waals surface area contributed by atoms with Gasteiger partial charge in [0.25, 0.3) is 6.43 Å². The van der Waals surface area contributed by atoms with E-state index >= 15 is 0 Å². The molecule has 0 aliphatic carbocycles. The van der Waals surface area contributed by atoms with Gasteiger partial charge in [0.05, 0.1) is 0 Å². The molecule has 0 saturated carbocycles. The molecule has 0 radical (unpaired) electrons. The van der Waals surface area contributed by atoms with Gasteiger partial charge in [-0.1, -0.05) is 0 Å². The summed E-state index contributed by atoms with van der Waals surface area (Å²) in [7, 11) is 0. The van der Waals surface area contributed by atoms with Gasteiger partial charge in [-0.3, -0.25) is 0 Å². The van der Waals surface area contributed by atoms with Crippen molar-refractivity contribution in [2.45, 2.75) is 31.7 Å². The molecule has 2 aromatic heterocycles. The maximum Gasteiger partial charge on any atom is 0.299 e. The SMILES string of the molecule is FC(F)c1nnc2ccc(NC3CCCOCC3)nn12. The smallest absolute Gasteiger partial charge is 0.299 e. The Hall–Kier alpha value is -1.83. The molecule has 0 amide bonds. The van der Waals surface area contributed by atoms with Crippen LogP contribution in [0.1, 0.15) is 31.5 Å². The lowest BCUT2D eigenvalue weighted by molar-refractivity contribution is 0.137. The summed E-state index contributed by atoms with van der Waals surface area (Å²) in [5, 5.41) is 14.5. The van der Waals surface area contributed by atoms with E-state index < -0.39 is 12.2 Å². The average Bonchev–Trinajstić information content (AvgIpc) is 2.68. The van der Waals surface area contributed by atoms with Crippen LogP contribution in [0.5, 0.6) is 0 Å². The van der Waals surface area contributed by atoms with E-state index in [4.69, 9.17) is 4.74 Å². The molecule has 8 heteroatoms. The third-order valence-electron chi connectivity index (χ3n) is 3.29. The Kier molecular flexibility index (Phi) is 3.72. The van der Waals surface area contributed by atoms with Crippen molar-refractivity contribution in [2.75, 3.05) is 18.5 Å². The van der Waals surface area contributed by atoms with E-state index in [0.717, 1.165) is 30.4 Å². The molecule has 0 aromatic carbocycles. The largest absolute Gasteiger partial charge is 0.381 e. The van der Waals surface area contributed by atoms with E-state index in [1.54, 1.807) is 12.1 Å². The first-order valence-corrected chi connectivity index (χ1v) is 6.59. The van der Waals surface area contributed by atoms with Crippen LogP contribution in [0, 0.1) is 0 Å². The van der Waals surface area contributed by atoms with Crippen LogP contribution in [0.15, 0.2) is 12.1 Å². The maximum atomic E-state index is 12.8. The Morgan fingerprint density at radius 1 is 1.25 bits per heavy atom. The monoisotopic (exact) mass is 283 g/mol. The van der Waals surface area contributed by atoms with E-state index in [-0.39, 0.29) is 6.04 Å². The van der Waals surface area contributed by atoms with Gasteiger partial charge in [-0.15, -0.1) is 15.3 Å². The van der Waals surface area contributed by atoms with Crippen LogP contribution in [-0.4, -0.2) is 39.1 Å². The zero-order valence-corrected chi connectivity index (χ0v) is 10.8. The molecule has 0 spiro atoms. The minimum absolute atomic E-state index is 0.244. The topological polar surface area (TPSA) is 64.3 Å². The van der Waals surface area contributed by atoms with Crippen molar-refractivity contribution < 1.29 is 13.5 Å². The molecule has 20 heavy (non-hydrogen) atoms. The number of hydrogen-bond acceptors (Lipinski definition) is 5. The highest BCUT2D eigenvalue weighted by Gasteiger charge is 2.18. The fourth-order valence-electron chi connectivity index (χ4n) is 2.28. The van der Waals surface area contributed by atoms with Gasteiger partial charge in [0, 0.05) is 19.3 Å². The van der Waals surface area contributed by atoms with Crippen LogP contribution >= 0.6 is 0 Å². The summed E-state index contributed by atoms with van der Waals surface area (Å²) in [5.74, 6) is 0.110. The van der Waals surface area contributed by atoms with Gasteiger partial charge >= 0.3 is 0 Å². The second-order valence-corrected chi connectivity index (χ2v) is 4.73. The highest BCUT2D eigenvalue weighted by Crippen LogP contribution is 2.19. The lowest BCUT2D eigenvalue weighted by Crippen LogP contribution is -2.21. The van der Waals surface area contributed by atoms with Crippen molar-refractivity contribution in [3.05, 3.63) is 18.0 Å². The number of nitrogens with zero attached hydrogens (tertiary/aromatic N) is 4. The first kappa shape index (κ1) is 13.2. The van der Waals surface area contributed by atoms with Crippen molar-refractivity contribution >= 4 is 11.5 Å². The Bertz CT molecular complexity index is 580. The van der Waals surface area contributed by atoms with E-state index in [2.05, 4.69) is 20.6 Å². The van der Waals surface area contributed by atoms with Crippen molar-refractivity contribution in [3.8, 4) is 0 Å². The summed E-state index contributed by atoms with van der Waals surface area (Å²) in [5.41, 5.74) is 0.315. The molecule has 2 aromatic rings. The Balaban J connectivity index is 1.82. The zero-order chi connectivity index (χ0) is 13.9. The van der Waals surface area contributed by atoms with Crippen molar-refractivity contribution in [1.82, 2.24) is 19.8 Å². The number of nitrogens with one attached hydrogen (secondary N) is 1. The Morgan fingerprint density at radius 3 is 3.00 bits per heavy atom. The van der Waals surface area contributed by atoms with Crippen LogP contribution in [0.4, 0.5) is 14.6 Å². The van der Waals surface area contributed by atoms with Crippen molar-refractivity contribution in [1.29, 1.82) is 0 Å². The highest BCUT2D eigenvalue weighted by molar-refractivity contribution is 5.44. The summed E-state index contributed by atoms with van der Waals surface area (Å²) in [6.45, 7) is 1.47. The average molecular weight is 283 g/mol. The Morgan fingerprint density at radius 2 is 2.15 bits per heavy atom. The molecule has 6 nitrogen and oxygen atoms in total. The van der Waals surface area contributed by atoms with Gasteiger partial charge < -0.3 is 10.1 Å². The summed E-state index contributed by atoms with van der Waals surface area (Å²) < 4.78 is 32.0. The third-order valence-corrected chi connectivity index (χ3v) is 3.29. The molecule has 1 aliphatic rings. The highest BCUT2D eigenvalue weighted by atomic mass is 19.3. The molecule has 1 aliphatic heterocycles. The van der Waals surface area contributed by atoms with Crippen LogP contribution in [-0.2, 0) is 4.74 Å². The van der Waals surface area contributed by atoms with Crippen LogP contribution in [0.3, 0.4) is 0 Å². The fourth-order valence-corrected chi connectivity index (χ4v) is 2.28. The molecular weight excluding hydrogens is 268 g/mol. The molecule has 3 rings (SSSR count). The first-order chi connectivity index (χ1) is 9.74. The van der Waals surface area contributed by atoms with Gasteiger partial charge in [-0.25, -0.2) is 8.78 Å².